The third kappa shape index (κ3) is 3.71. The van der Waals surface area contributed by atoms with E-state index in [4.69, 9.17) is 9.72 Å². The number of ether oxygens (including phenoxy) is 1. The standard InChI is InChI=1S/C22H18N6O2S/c1-30-18-9-4-10-19-21(18)24-22(31-19)27(13-15-6-5-11-23-12-15)20(29)14-28-17-8-3-2-7-16(17)25-26-28/h2-12H,13-14H2,1H3. The first kappa shape index (κ1) is 19.1. The number of pyridine rings is 1. The fraction of sp³-hybridized carbons (Fsp3) is 0.136. The number of para-hydroxylation sites is 2. The Hall–Kier alpha value is -3.85. The number of methoxy groups -OCH3 is 1. The molecule has 8 nitrogen and oxygen atoms in total. The molecule has 0 N–H and O–H groups in total. The number of nitrogens with zero attached hydrogens (tertiary/aromatic N) is 6. The number of benzene rings is 2. The number of hydrogen-bond acceptors (Lipinski definition) is 7. The summed E-state index contributed by atoms with van der Waals surface area (Å²) < 4.78 is 8.00. The predicted octanol–water partition coefficient (Wildman–Crippen LogP) is 3.68. The van der Waals surface area contributed by atoms with E-state index in [2.05, 4.69) is 15.3 Å². The summed E-state index contributed by atoms with van der Waals surface area (Å²) >= 11 is 1.45. The number of anilines is 1. The molecular formula is C22H18N6O2S. The molecule has 1 amide bonds. The van der Waals surface area contributed by atoms with E-state index in [1.54, 1.807) is 29.1 Å². The highest BCUT2D eigenvalue weighted by atomic mass is 32.1. The van der Waals surface area contributed by atoms with Gasteiger partial charge in [0.1, 0.15) is 23.3 Å². The third-order valence-electron chi connectivity index (χ3n) is 4.89. The van der Waals surface area contributed by atoms with Gasteiger partial charge in [-0.2, -0.15) is 0 Å². The van der Waals surface area contributed by atoms with Crippen LogP contribution in [0, 0.1) is 0 Å². The summed E-state index contributed by atoms with van der Waals surface area (Å²) in [7, 11) is 1.61. The van der Waals surface area contributed by atoms with Crippen LogP contribution in [-0.2, 0) is 17.9 Å². The maximum atomic E-state index is 13.4. The Balaban J connectivity index is 1.53. The molecule has 0 unspecified atom stereocenters. The Labute approximate surface area is 181 Å². The van der Waals surface area contributed by atoms with Crippen molar-refractivity contribution in [2.24, 2.45) is 0 Å². The highest BCUT2D eigenvalue weighted by Crippen LogP contribution is 2.34. The van der Waals surface area contributed by atoms with Crippen molar-refractivity contribution in [1.82, 2.24) is 25.0 Å². The van der Waals surface area contributed by atoms with Gasteiger partial charge in [-0.3, -0.25) is 14.7 Å². The van der Waals surface area contributed by atoms with E-state index >= 15 is 0 Å². The van der Waals surface area contributed by atoms with Crippen LogP contribution < -0.4 is 9.64 Å². The minimum atomic E-state index is -0.141. The van der Waals surface area contributed by atoms with Gasteiger partial charge < -0.3 is 4.74 Å². The lowest BCUT2D eigenvalue weighted by molar-refractivity contribution is -0.119. The van der Waals surface area contributed by atoms with E-state index < -0.39 is 0 Å². The molecule has 0 radical (unpaired) electrons. The SMILES string of the molecule is COc1cccc2sc(N(Cc3cccnc3)C(=O)Cn3nnc4ccccc43)nc12. The molecule has 3 aromatic heterocycles. The topological polar surface area (TPSA) is 86.0 Å². The molecule has 9 heteroatoms. The smallest absolute Gasteiger partial charge is 0.250 e. The Bertz CT molecular complexity index is 1360. The quantitative estimate of drug-likeness (QED) is 0.409. The van der Waals surface area contributed by atoms with Crippen LogP contribution in [0.3, 0.4) is 0 Å². The first-order valence-corrected chi connectivity index (χ1v) is 10.5. The molecule has 31 heavy (non-hydrogen) atoms. The Morgan fingerprint density at radius 1 is 1.13 bits per heavy atom. The molecule has 0 saturated heterocycles. The van der Waals surface area contributed by atoms with Crippen LogP contribution in [0.15, 0.2) is 67.0 Å². The number of rotatable bonds is 6. The molecule has 0 aliphatic carbocycles. The number of thiazole rings is 1. The number of fused-ring (bicyclic) bond motifs is 2. The zero-order chi connectivity index (χ0) is 21.2. The minimum absolute atomic E-state index is 0.0494. The zero-order valence-electron chi connectivity index (χ0n) is 16.7. The van der Waals surface area contributed by atoms with Gasteiger partial charge in [-0.05, 0) is 35.9 Å². The van der Waals surface area contributed by atoms with Crippen molar-refractivity contribution in [2.45, 2.75) is 13.1 Å². The minimum Gasteiger partial charge on any atom is -0.494 e. The normalized spacial score (nSPS) is 11.1. The van der Waals surface area contributed by atoms with Gasteiger partial charge in [0.25, 0.3) is 5.91 Å². The van der Waals surface area contributed by atoms with Gasteiger partial charge in [0, 0.05) is 12.4 Å². The molecule has 0 aliphatic heterocycles. The average molecular weight is 430 g/mol. The second kappa shape index (κ2) is 8.11. The number of hydrogen-bond donors (Lipinski definition) is 0. The number of carbonyl (C=O) groups excluding carboxylic acids is 1. The second-order valence-corrected chi connectivity index (χ2v) is 7.89. The van der Waals surface area contributed by atoms with Crippen molar-refractivity contribution in [3.05, 3.63) is 72.6 Å². The van der Waals surface area contributed by atoms with Crippen LogP contribution in [0.25, 0.3) is 21.3 Å². The molecule has 5 aromatic rings. The van der Waals surface area contributed by atoms with Crippen LogP contribution in [0.5, 0.6) is 5.75 Å². The monoisotopic (exact) mass is 430 g/mol. The molecule has 5 rings (SSSR count). The molecule has 0 fully saturated rings. The maximum absolute atomic E-state index is 13.4. The van der Waals surface area contributed by atoms with Gasteiger partial charge in [-0.25, -0.2) is 9.67 Å². The van der Waals surface area contributed by atoms with E-state index in [0.29, 0.717) is 17.4 Å². The Morgan fingerprint density at radius 2 is 2.03 bits per heavy atom. The zero-order valence-corrected chi connectivity index (χ0v) is 17.5. The van der Waals surface area contributed by atoms with E-state index in [-0.39, 0.29) is 12.5 Å². The van der Waals surface area contributed by atoms with E-state index in [0.717, 1.165) is 26.8 Å². The summed E-state index contributed by atoms with van der Waals surface area (Å²) in [6.07, 6.45) is 3.46. The van der Waals surface area contributed by atoms with Crippen molar-refractivity contribution in [3.63, 3.8) is 0 Å². The maximum Gasteiger partial charge on any atom is 0.250 e. The van der Waals surface area contributed by atoms with Gasteiger partial charge in [-0.15, -0.1) is 5.10 Å². The summed E-state index contributed by atoms with van der Waals surface area (Å²) in [5.74, 6) is 0.536. The number of amides is 1. The van der Waals surface area contributed by atoms with E-state index in [1.165, 1.54) is 11.3 Å². The van der Waals surface area contributed by atoms with Crippen molar-refractivity contribution in [3.8, 4) is 5.75 Å². The van der Waals surface area contributed by atoms with Crippen LogP contribution in [0.1, 0.15) is 5.56 Å². The molecule has 0 spiro atoms. The fourth-order valence-electron chi connectivity index (χ4n) is 3.38. The average Bonchev–Trinajstić information content (AvgIpc) is 3.42. The molecule has 154 valence electrons. The fourth-order valence-corrected chi connectivity index (χ4v) is 4.38. The third-order valence-corrected chi connectivity index (χ3v) is 5.93. The molecular weight excluding hydrogens is 412 g/mol. The van der Waals surface area contributed by atoms with Crippen molar-refractivity contribution in [2.75, 3.05) is 12.0 Å². The summed E-state index contributed by atoms with van der Waals surface area (Å²) in [6, 6.07) is 17.1. The Kier molecular flexibility index (Phi) is 5.01. The van der Waals surface area contributed by atoms with Gasteiger partial charge in [0.15, 0.2) is 5.13 Å². The molecule has 0 atom stereocenters. The lowest BCUT2D eigenvalue weighted by Gasteiger charge is -2.20. The summed E-state index contributed by atoms with van der Waals surface area (Å²) in [5.41, 5.74) is 3.20. The lowest BCUT2D eigenvalue weighted by Crippen LogP contribution is -2.33. The van der Waals surface area contributed by atoms with Crippen LogP contribution in [0.2, 0.25) is 0 Å². The van der Waals surface area contributed by atoms with Crippen molar-refractivity contribution < 1.29 is 9.53 Å². The van der Waals surface area contributed by atoms with Crippen molar-refractivity contribution in [1.29, 1.82) is 0 Å². The van der Waals surface area contributed by atoms with Gasteiger partial charge in [-0.1, -0.05) is 40.8 Å². The largest absolute Gasteiger partial charge is 0.494 e. The lowest BCUT2D eigenvalue weighted by atomic mass is 10.2. The van der Waals surface area contributed by atoms with Gasteiger partial charge in [0.05, 0.1) is 23.9 Å². The van der Waals surface area contributed by atoms with Crippen LogP contribution in [0.4, 0.5) is 5.13 Å². The van der Waals surface area contributed by atoms with E-state index in [1.807, 2.05) is 54.6 Å². The number of aromatic nitrogens is 5. The molecule has 2 aromatic carbocycles. The second-order valence-electron chi connectivity index (χ2n) is 6.88. The predicted molar refractivity (Wildman–Crippen MR) is 119 cm³/mol. The van der Waals surface area contributed by atoms with Crippen molar-refractivity contribution >= 4 is 43.6 Å². The van der Waals surface area contributed by atoms with Crippen LogP contribution in [-0.4, -0.2) is 38.0 Å². The highest BCUT2D eigenvalue weighted by molar-refractivity contribution is 7.22. The first-order valence-electron chi connectivity index (χ1n) is 9.64. The number of carbonyl (C=O) groups is 1. The van der Waals surface area contributed by atoms with Gasteiger partial charge in [0.2, 0.25) is 0 Å². The summed E-state index contributed by atoms with van der Waals surface area (Å²) in [5, 5.41) is 8.90. The molecule has 0 bridgehead atoms. The molecule has 0 saturated carbocycles. The molecule has 3 heterocycles. The first-order chi connectivity index (χ1) is 15.2. The molecule has 0 aliphatic rings. The summed E-state index contributed by atoms with van der Waals surface area (Å²) in [4.78, 5) is 24.0. The highest BCUT2D eigenvalue weighted by Gasteiger charge is 2.23. The van der Waals surface area contributed by atoms with Gasteiger partial charge >= 0.3 is 0 Å². The Morgan fingerprint density at radius 3 is 2.87 bits per heavy atom. The van der Waals surface area contributed by atoms with E-state index in [9.17, 15) is 4.79 Å². The summed E-state index contributed by atoms with van der Waals surface area (Å²) in [6.45, 7) is 0.398. The van der Waals surface area contributed by atoms with Crippen LogP contribution >= 0.6 is 11.3 Å².